The Labute approximate surface area is 826 Å². The molecule has 15 rings (SSSR count). The van der Waals surface area contributed by atoms with Gasteiger partial charge in [-0.1, -0.05) is 37.8 Å². The van der Waals surface area contributed by atoms with Crippen LogP contribution in [0.1, 0.15) is 177 Å². The van der Waals surface area contributed by atoms with Gasteiger partial charge in [-0.3, -0.25) is 67.7 Å². The van der Waals surface area contributed by atoms with E-state index in [1.807, 2.05) is 0 Å². The molecule has 5 aliphatic rings. The number of ketones is 3. The van der Waals surface area contributed by atoms with Crippen LogP contribution in [0.15, 0.2) is 182 Å². The van der Waals surface area contributed by atoms with Crippen LogP contribution in [-0.2, 0) is 24.0 Å². The highest BCUT2D eigenvalue weighted by atomic mass is 32.1. The minimum absolute atomic E-state index is 0. The Morgan fingerprint density at radius 1 is 0.296 bits per heavy atom. The molecule has 0 aliphatic carbocycles. The van der Waals surface area contributed by atoms with Crippen molar-refractivity contribution in [2.24, 2.45) is 0 Å². The molecule has 0 atom stereocenters. The summed E-state index contributed by atoms with van der Waals surface area (Å²) in [5.74, 6) is -9.05. The quantitative estimate of drug-likeness (QED) is 0.0317. The number of benzene rings is 10. The summed E-state index contributed by atoms with van der Waals surface area (Å²) in [6.45, 7) is 64.4. The van der Waals surface area contributed by atoms with E-state index in [1.54, 1.807) is 179 Å². The fourth-order valence-electron chi connectivity index (χ4n) is 16.4. The highest BCUT2D eigenvalue weighted by Gasteiger charge is 2.57. The lowest BCUT2D eigenvalue weighted by molar-refractivity contribution is -0.121. The van der Waals surface area contributed by atoms with Gasteiger partial charge < -0.3 is 20.2 Å². The summed E-state index contributed by atoms with van der Waals surface area (Å²) in [4.78, 5) is 191. The van der Waals surface area contributed by atoms with Gasteiger partial charge in [0.25, 0.3) is 35.4 Å². The molecule has 10 aromatic rings. The fourth-order valence-corrected chi connectivity index (χ4v) is 17.4. The molecule has 5 fully saturated rings. The number of carboxylic acids is 1. The van der Waals surface area contributed by atoms with Crippen LogP contribution in [0.4, 0.5) is 122 Å². The molecule has 30 nitrogen and oxygen atoms in total. The minimum atomic E-state index is -1.43. The van der Waals surface area contributed by atoms with E-state index >= 15 is 0 Å². The zero-order valence-corrected chi connectivity index (χ0v) is 81.1. The van der Waals surface area contributed by atoms with E-state index in [-0.39, 0.29) is 80.3 Å². The number of carboxylic acid groups (broad SMARTS) is 1. The van der Waals surface area contributed by atoms with Crippen molar-refractivity contribution in [1.82, 2.24) is 5.32 Å². The number of hydrogen-bond acceptors (Lipinski definition) is 15. The lowest BCUT2D eigenvalue weighted by atomic mass is 10.0. The number of halogens is 5. The predicted molar refractivity (Wildman–Crippen MR) is 538 cm³/mol. The number of rotatable bonds is 15. The van der Waals surface area contributed by atoms with Crippen molar-refractivity contribution in [3.63, 3.8) is 0 Å². The first-order valence-corrected chi connectivity index (χ1v) is 43.6. The molecule has 5 aliphatic heterocycles. The summed E-state index contributed by atoms with van der Waals surface area (Å²) in [5.41, 5.74) is 2.17. The SMILES string of the molecule is C.[C-]#[N+]c1ccc(N2C(=O)C(C)(C)N(c3ccc(C(C)=O)c(F)c3)C2=S)cc1C.[C-]#[N+]c1ccc(N2C(=O)C(C)(C)N(c3ccc(C(C)=O)c(F)c3)C2=S)cc1C.[C-]#[N+]c1ccc(N2C(=O)N(c3ccc(C(=O)NC)c(F)c3)C(C)(C)C2=O)cc1C.[C-]#[N+]c1ccc(N2C(=O)N(c3ccc(C(=O)O)c(F)c3)C(C)(C)C2=O)cc1C.[C-]#[N+]c1ccc(N2C(=O)N(c3ccc(C(C)=O)c(F)c3)C(C)(C)C2=O)cc1C. The minimum Gasteiger partial charge on any atom is -0.478 e. The molecule has 142 heavy (non-hydrogen) atoms. The number of hydrogen-bond donors (Lipinski definition) is 2. The van der Waals surface area contributed by atoms with Gasteiger partial charge in [-0.05, 0) is 329 Å². The number of thiocarbonyl (C=S) groups is 2. The molecule has 0 spiro atoms. The third-order valence-corrected chi connectivity index (χ3v) is 24.8. The second-order valence-electron chi connectivity index (χ2n) is 35.4. The van der Waals surface area contributed by atoms with Crippen molar-refractivity contribution in [3.05, 3.63) is 324 Å². The number of carbonyl (C=O) groups excluding carboxylic acids is 12. The lowest BCUT2D eigenvalue weighted by Gasteiger charge is -2.29. The number of urea groups is 3. The largest absolute Gasteiger partial charge is 0.478 e. The number of nitrogens with one attached hydrogen (secondary N) is 1. The molecule has 5 saturated heterocycles. The van der Waals surface area contributed by atoms with Crippen LogP contribution in [0.25, 0.3) is 24.2 Å². The molecule has 0 unspecified atom stereocenters. The number of aromatic carboxylic acids is 1. The summed E-state index contributed by atoms with van der Waals surface area (Å²) in [6, 6.07) is 41.4. The van der Waals surface area contributed by atoms with E-state index in [9.17, 15) is 84.3 Å². The summed E-state index contributed by atoms with van der Waals surface area (Å²) >= 11 is 11.1. The molecule has 2 N–H and O–H groups in total. The number of nitrogens with zero attached hydrogens (tertiary/aromatic N) is 15. The second-order valence-corrected chi connectivity index (χ2v) is 36.1. The van der Waals surface area contributed by atoms with E-state index < -0.39 is 116 Å². The smallest absolute Gasteiger partial charge is 0.338 e. The third-order valence-electron chi connectivity index (χ3n) is 24.0. The zero-order chi connectivity index (χ0) is 105. The first kappa shape index (κ1) is 107. The standard InChI is InChI=1S/C21H19FN4O3.C21H18FN3O3.2C21H18FN3O2S.C20H16FN3O4.CH4/c1-12-10-13(7-9-17(12)23-4)25-19(28)21(2,3)26(20(25)29)14-6-8-15(16(22)11-14)18(27)24-5;3*1-12-10-14(7-9-18(12)23-5)24-19(27)21(3,4)25(20(24)28)15-6-8-16(13(2)26)17(22)11-15;1-11-9-12(6-8-16(11)22-4)23-18(27)20(2,3)24(19(23)28)13-5-7-14(17(25)26)15(21)10-13;/h6-11H,1-3,5H3,(H,24,27);3*6-11H,1-4H3;5-10H,1-3H3,(H,25,26);1H4. The van der Waals surface area contributed by atoms with Crippen molar-refractivity contribution >= 4 is 197 Å². The average molecular weight is 1960 g/mol. The van der Waals surface area contributed by atoms with E-state index in [1.165, 1.54) is 140 Å². The Morgan fingerprint density at radius 3 is 0.669 bits per heavy atom. The van der Waals surface area contributed by atoms with Gasteiger partial charge in [-0.2, -0.15) is 0 Å². The second kappa shape index (κ2) is 40.8. The molecule has 37 heteroatoms. The van der Waals surface area contributed by atoms with Gasteiger partial charge in [0.15, 0.2) is 56.0 Å². The first-order chi connectivity index (χ1) is 66.0. The Hall–Kier alpha value is -17.2. The monoisotopic (exact) mass is 1960 g/mol. The fraction of sp³-hybridized carbons (Fsp3) is 0.238. The van der Waals surface area contributed by atoms with Crippen LogP contribution in [0.2, 0.25) is 0 Å². The normalized spacial score (nSPS) is 15.5. The maximum atomic E-state index is 14.4. The molecule has 724 valence electrons. The maximum Gasteiger partial charge on any atom is 0.338 e. The molecule has 0 bridgehead atoms. The predicted octanol–water partition coefficient (Wildman–Crippen LogP) is 22.8. The van der Waals surface area contributed by atoms with E-state index in [2.05, 4.69) is 29.5 Å². The van der Waals surface area contributed by atoms with Crippen molar-refractivity contribution in [3.8, 4) is 0 Å². The van der Waals surface area contributed by atoms with Gasteiger partial charge in [0.05, 0.1) is 77.7 Å². The topological polar surface area (TPSA) is 308 Å². The number of amides is 12. The number of aryl methyl sites for hydroxylation is 5. The van der Waals surface area contributed by atoms with Crippen molar-refractivity contribution in [1.29, 1.82) is 0 Å². The van der Waals surface area contributed by atoms with Crippen LogP contribution < -0.4 is 54.3 Å². The molecule has 5 heterocycles. The van der Waals surface area contributed by atoms with Gasteiger partial charge in [0.2, 0.25) is 0 Å². The number of Topliss-reactive ketones (excluding diaryl/α,β-unsaturated/α-hetero) is 3. The van der Waals surface area contributed by atoms with E-state index in [4.69, 9.17) is 62.4 Å². The zero-order valence-electron chi connectivity index (χ0n) is 79.5. The summed E-state index contributed by atoms with van der Waals surface area (Å²) in [7, 11) is 1.39. The van der Waals surface area contributed by atoms with Gasteiger partial charge in [-0.15, -0.1) is 0 Å². The first-order valence-electron chi connectivity index (χ1n) is 42.8. The lowest BCUT2D eigenvalue weighted by Crippen LogP contribution is -2.44. The van der Waals surface area contributed by atoms with Crippen LogP contribution in [0, 0.1) is 96.6 Å². The third kappa shape index (κ3) is 19.6. The highest BCUT2D eigenvalue weighted by molar-refractivity contribution is 7.81. The van der Waals surface area contributed by atoms with Crippen LogP contribution in [-0.4, -0.2) is 127 Å². The molecular formula is C105H93F5N16O14S2. The van der Waals surface area contributed by atoms with Crippen molar-refractivity contribution in [2.45, 2.75) is 160 Å². The Kier molecular flexibility index (Phi) is 30.7. The summed E-state index contributed by atoms with van der Waals surface area (Å²) in [6.07, 6.45) is 0. The van der Waals surface area contributed by atoms with E-state index in [0.717, 1.165) is 55.0 Å². The van der Waals surface area contributed by atoms with Crippen LogP contribution in [0.5, 0.6) is 0 Å². The van der Waals surface area contributed by atoms with Crippen LogP contribution >= 0.6 is 24.4 Å². The van der Waals surface area contributed by atoms with Crippen LogP contribution in [0.3, 0.4) is 0 Å². The average Bonchev–Trinajstić information content (AvgIpc) is 1.60. The number of anilines is 10. The highest BCUT2D eigenvalue weighted by Crippen LogP contribution is 2.46. The van der Waals surface area contributed by atoms with E-state index in [0.29, 0.717) is 84.9 Å². The Morgan fingerprint density at radius 2 is 0.479 bits per heavy atom. The maximum absolute atomic E-state index is 14.4. The summed E-state index contributed by atoms with van der Waals surface area (Å²) < 4.78 is 71.6. The molecule has 10 aromatic carbocycles. The number of carbonyl (C=O) groups is 13. The molecule has 0 aromatic heterocycles. The Balaban J connectivity index is 0.000000182. The molecule has 0 radical (unpaired) electrons. The molecule has 0 saturated carbocycles. The van der Waals surface area contributed by atoms with Gasteiger partial charge in [-0.25, -0.2) is 80.1 Å². The van der Waals surface area contributed by atoms with Gasteiger partial charge >= 0.3 is 24.1 Å². The van der Waals surface area contributed by atoms with Gasteiger partial charge in [0.1, 0.15) is 56.8 Å². The molecular weight excluding hydrogens is 1870 g/mol. The number of imide groups is 3. The Bertz CT molecular complexity index is 6680. The van der Waals surface area contributed by atoms with Crippen molar-refractivity contribution < 1.29 is 89.4 Å². The van der Waals surface area contributed by atoms with Crippen molar-refractivity contribution in [2.75, 3.05) is 56.0 Å². The molecule has 12 amide bonds. The summed E-state index contributed by atoms with van der Waals surface area (Å²) in [5, 5.41) is 11.7. The van der Waals surface area contributed by atoms with Gasteiger partial charge in [0, 0.05) is 46.9 Å².